The van der Waals surface area contributed by atoms with Crippen LogP contribution in [0.25, 0.3) is 0 Å². The highest BCUT2D eigenvalue weighted by Crippen LogP contribution is 2.08. The van der Waals surface area contributed by atoms with Crippen LogP contribution in [0.5, 0.6) is 0 Å². The zero-order valence-electron chi connectivity index (χ0n) is 7.99. The lowest BCUT2D eigenvalue weighted by Gasteiger charge is -2.09. The van der Waals surface area contributed by atoms with Gasteiger partial charge < -0.3 is 10.4 Å². The quantitative estimate of drug-likeness (QED) is 0.683. The second-order valence-corrected chi connectivity index (χ2v) is 3.97. The maximum Gasteiger partial charge on any atom is 0.0705 e. The van der Waals surface area contributed by atoms with Gasteiger partial charge in [0.25, 0.3) is 0 Å². The lowest BCUT2D eigenvalue weighted by molar-refractivity contribution is 0.172. The van der Waals surface area contributed by atoms with Crippen LogP contribution < -0.4 is 5.32 Å². The predicted octanol–water partition coefficient (Wildman–Crippen LogP) is 1.65. The fraction of sp³-hybridized carbons (Fsp3) is 0.600. The Bertz CT molecular complexity index is 211. The number of hydrogen-bond acceptors (Lipinski definition) is 3. The van der Waals surface area contributed by atoms with E-state index in [0.717, 1.165) is 19.4 Å². The fourth-order valence-corrected chi connectivity index (χ4v) is 1.88. The summed E-state index contributed by atoms with van der Waals surface area (Å²) in [6.07, 6.45) is 1.63. The standard InChI is InChI=1S/C10H17NOS/c1-2-4-11-7-10(12)6-9-3-5-13-8-9/h3,5,8,10-12H,2,4,6-7H2,1H3. The molecular formula is C10H17NOS. The van der Waals surface area contributed by atoms with E-state index in [1.165, 1.54) is 5.56 Å². The van der Waals surface area contributed by atoms with Crippen molar-refractivity contribution in [3.05, 3.63) is 22.4 Å². The summed E-state index contributed by atoms with van der Waals surface area (Å²) >= 11 is 1.68. The molecular weight excluding hydrogens is 182 g/mol. The summed E-state index contributed by atoms with van der Waals surface area (Å²) in [5, 5.41) is 16.9. The van der Waals surface area contributed by atoms with Gasteiger partial charge in [-0.25, -0.2) is 0 Å². The monoisotopic (exact) mass is 199 g/mol. The van der Waals surface area contributed by atoms with E-state index >= 15 is 0 Å². The summed E-state index contributed by atoms with van der Waals surface area (Å²) in [5.74, 6) is 0. The van der Waals surface area contributed by atoms with Gasteiger partial charge in [0.05, 0.1) is 6.10 Å². The van der Waals surface area contributed by atoms with Crippen molar-refractivity contribution in [1.82, 2.24) is 5.32 Å². The molecule has 13 heavy (non-hydrogen) atoms. The zero-order chi connectivity index (χ0) is 9.52. The summed E-state index contributed by atoms with van der Waals surface area (Å²) in [5.41, 5.74) is 1.23. The molecule has 1 atom stereocenters. The molecule has 74 valence electrons. The maximum atomic E-state index is 9.59. The van der Waals surface area contributed by atoms with Crippen molar-refractivity contribution in [3.8, 4) is 0 Å². The van der Waals surface area contributed by atoms with Crippen molar-refractivity contribution in [2.24, 2.45) is 0 Å². The molecule has 1 heterocycles. The molecule has 1 aromatic rings. The van der Waals surface area contributed by atoms with Crippen LogP contribution in [0.4, 0.5) is 0 Å². The lowest BCUT2D eigenvalue weighted by atomic mass is 10.1. The van der Waals surface area contributed by atoms with Crippen molar-refractivity contribution in [2.45, 2.75) is 25.9 Å². The number of aliphatic hydroxyl groups is 1. The Labute approximate surface area is 83.6 Å². The first-order chi connectivity index (χ1) is 6.33. The molecule has 1 aromatic heterocycles. The van der Waals surface area contributed by atoms with Crippen molar-refractivity contribution in [2.75, 3.05) is 13.1 Å². The Morgan fingerprint density at radius 1 is 1.62 bits per heavy atom. The molecule has 0 aliphatic heterocycles. The van der Waals surface area contributed by atoms with Crippen LogP contribution in [-0.2, 0) is 6.42 Å². The largest absolute Gasteiger partial charge is 0.391 e. The SMILES string of the molecule is CCCNCC(O)Cc1ccsc1. The van der Waals surface area contributed by atoms with E-state index in [2.05, 4.69) is 23.7 Å². The average molecular weight is 199 g/mol. The van der Waals surface area contributed by atoms with Gasteiger partial charge in [-0.15, -0.1) is 0 Å². The zero-order valence-corrected chi connectivity index (χ0v) is 8.81. The molecule has 1 rings (SSSR count). The minimum absolute atomic E-state index is 0.249. The number of aliphatic hydroxyl groups excluding tert-OH is 1. The van der Waals surface area contributed by atoms with Gasteiger partial charge in [0, 0.05) is 13.0 Å². The van der Waals surface area contributed by atoms with Gasteiger partial charge >= 0.3 is 0 Å². The third-order valence-corrected chi connectivity index (χ3v) is 2.59. The van der Waals surface area contributed by atoms with Gasteiger partial charge in [-0.2, -0.15) is 11.3 Å². The summed E-state index contributed by atoms with van der Waals surface area (Å²) in [7, 11) is 0. The smallest absolute Gasteiger partial charge is 0.0705 e. The van der Waals surface area contributed by atoms with E-state index in [0.29, 0.717) is 6.54 Å². The normalized spacial score (nSPS) is 13.1. The van der Waals surface area contributed by atoms with Gasteiger partial charge in [0.2, 0.25) is 0 Å². The van der Waals surface area contributed by atoms with E-state index in [1.807, 2.05) is 5.38 Å². The highest BCUT2D eigenvalue weighted by molar-refractivity contribution is 7.07. The second kappa shape index (κ2) is 6.13. The Kier molecular flexibility index (Phi) is 5.05. The molecule has 2 N–H and O–H groups in total. The highest BCUT2D eigenvalue weighted by Gasteiger charge is 2.04. The molecule has 0 saturated carbocycles. The number of thiophene rings is 1. The van der Waals surface area contributed by atoms with Crippen LogP contribution in [0.15, 0.2) is 16.8 Å². The third-order valence-electron chi connectivity index (χ3n) is 1.86. The van der Waals surface area contributed by atoms with Gasteiger partial charge in [0.15, 0.2) is 0 Å². The molecule has 0 bridgehead atoms. The van der Waals surface area contributed by atoms with Crippen LogP contribution in [0.3, 0.4) is 0 Å². The van der Waals surface area contributed by atoms with E-state index in [9.17, 15) is 5.11 Å². The summed E-state index contributed by atoms with van der Waals surface area (Å²) in [6.45, 7) is 3.81. The van der Waals surface area contributed by atoms with Crippen molar-refractivity contribution in [1.29, 1.82) is 0 Å². The molecule has 0 amide bonds. The van der Waals surface area contributed by atoms with E-state index in [1.54, 1.807) is 11.3 Å². The maximum absolute atomic E-state index is 9.59. The average Bonchev–Trinajstić information content (AvgIpc) is 2.57. The minimum atomic E-state index is -0.249. The van der Waals surface area contributed by atoms with Crippen molar-refractivity contribution >= 4 is 11.3 Å². The third kappa shape index (κ3) is 4.41. The Morgan fingerprint density at radius 2 is 2.46 bits per heavy atom. The lowest BCUT2D eigenvalue weighted by Crippen LogP contribution is -2.28. The molecule has 0 fully saturated rings. The summed E-state index contributed by atoms with van der Waals surface area (Å²) in [6, 6.07) is 2.06. The van der Waals surface area contributed by atoms with Crippen LogP contribution in [0.2, 0.25) is 0 Å². The number of nitrogens with one attached hydrogen (secondary N) is 1. The molecule has 0 radical (unpaired) electrons. The number of hydrogen-bond donors (Lipinski definition) is 2. The first-order valence-corrected chi connectivity index (χ1v) is 5.67. The van der Waals surface area contributed by atoms with E-state index in [-0.39, 0.29) is 6.10 Å². The van der Waals surface area contributed by atoms with Crippen LogP contribution in [-0.4, -0.2) is 24.3 Å². The predicted molar refractivity (Wildman–Crippen MR) is 57.2 cm³/mol. The fourth-order valence-electron chi connectivity index (χ4n) is 1.20. The van der Waals surface area contributed by atoms with Crippen molar-refractivity contribution < 1.29 is 5.11 Å². The molecule has 0 saturated heterocycles. The molecule has 2 nitrogen and oxygen atoms in total. The highest BCUT2D eigenvalue weighted by atomic mass is 32.1. The van der Waals surface area contributed by atoms with Crippen LogP contribution >= 0.6 is 11.3 Å². The molecule has 0 aliphatic rings. The molecule has 0 aromatic carbocycles. The van der Waals surface area contributed by atoms with Crippen LogP contribution in [0.1, 0.15) is 18.9 Å². The van der Waals surface area contributed by atoms with Gasteiger partial charge in [-0.1, -0.05) is 6.92 Å². The number of rotatable bonds is 6. The van der Waals surface area contributed by atoms with E-state index < -0.39 is 0 Å². The Hall–Kier alpha value is -0.380. The molecule has 0 spiro atoms. The Balaban J connectivity index is 2.14. The molecule has 3 heteroatoms. The van der Waals surface area contributed by atoms with Gasteiger partial charge in [0.1, 0.15) is 0 Å². The molecule has 1 unspecified atom stereocenters. The van der Waals surface area contributed by atoms with Gasteiger partial charge in [-0.3, -0.25) is 0 Å². The van der Waals surface area contributed by atoms with Crippen molar-refractivity contribution in [3.63, 3.8) is 0 Å². The van der Waals surface area contributed by atoms with Gasteiger partial charge in [-0.05, 0) is 35.4 Å². The van der Waals surface area contributed by atoms with Crippen LogP contribution in [0, 0.1) is 0 Å². The summed E-state index contributed by atoms with van der Waals surface area (Å²) in [4.78, 5) is 0. The molecule has 0 aliphatic carbocycles. The minimum Gasteiger partial charge on any atom is -0.391 e. The topological polar surface area (TPSA) is 32.3 Å². The van der Waals surface area contributed by atoms with E-state index in [4.69, 9.17) is 0 Å². The second-order valence-electron chi connectivity index (χ2n) is 3.19. The first kappa shape index (κ1) is 10.7. The first-order valence-electron chi connectivity index (χ1n) is 4.72. The Morgan fingerprint density at radius 3 is 3.08 bits per heavy atom. The summed E-state index contributed by atoms with van der Waals surface area (Å²) < 4.78 is 0.